The van der Waals surface area contributed by atoms with Crippen molar-refractivity contribution in [2.45, 2.75) is 26.8 Å². The molecule has 2 unspecified atom stereocenters. The molecule has 1 saturated heterocycles. The summed E-state index contributed by atoms with van der Waals surface area (Å²) in [5.41, 5.74) is 0. The third-order valence-corrected chi connectivity index (χ3v) is 4.81. The Balaban J connectivity index is 2.39. The van der Waals surface area contributed by atoms with Crippen LogP contribution >= 0.6 is 24.4 Å². The molecule has 0 aromatic heterocycles. The monoisotopic (exact) mass is 233 g/mol. The predicted molar refractivity (Wildman–Crippen MR) is 70.5 cm³/mol. The molecule has 1 rings (SSSR count). The first-order valence-corrected chi connectivity index (χ1v) is 7.36. The van der Waals surface area contributed by atoms with Gasteiger partial charge in [-0.3, -0.25) is 4.90 Å². The van der Waals surface area contributed by atoms with Gasteiger partial charge in [-0.2, -0.15) is 24.4 Å². The second-order valence-corrected chi connectivity index (χ2v) is 6.12. The minimum Gasteiger partial charge on any atom is -0.299 e. The van der Waals surface area contributed by atoms with E-state index in [4.69, 9.17) is 0 Å². The van der Waals surface area contributed by atoms with Crippen LogP contribution in [0.5, 0.6) is 0 Å². The average Bonchev–Trinajstić information content (AvgIpc) is 2.16. The molecule has 1 aliphatic heterocycles. The van der Waals surface area contributed by atoms with Gasteiger partial charge in [0.05, 0.1) is 0 Å². The Morgan fingerprint density at radius 1 is 1.50 bits per heavy atom. The van der Waals surface area contributed by atoms with Crippen molar-refractivity contribution in [3.8, 4) is 0 Å². The van der Waals surface area contributed by atoms with E-state index in [0.717, 1.165) is 23.6 Å². The molecular formula is C11H23NS2. The van der Waals surface area contributed by atoms with Gasteiger partial charge in [0.1, 0.15) is 0 Å². The molecule has 0 N–H and O–H groups in total. The molecule has 1 fully saturated rings. The molecule has 0 bridgehead atoms. The summed E-state index contributed by atoms with van der Waals surface area (Å²) in [6, 6.07) is 0.759. The molecule has 14 heavy (non-hydrogen) atoms. The molecule has 0 aliphatic carbocycles. The van der Waals surface area contributed by atoms with Crippen LogP contribution in [0, 0.1) is 11.8 Å². The number of thiol groups is 1. The Bertz CT molecular complexity index is 161. The lowest BCUT2D eigenvalue weighted by Crippen LogP contribution is -2.44. The van der Waals surface area contributed by atoms with E-state index in [-0.39, 0.29) is 0 Å². The van der Waals surface area contributed by atoms with E-state index in [1.54, 1.807) is 0 Å². The first kappa shape index (κ1) is 12.7. The van der Waals surface area contributed by atoms with Crippen LogP contribution in [0.25, 0.3) is 0 Å². The van der Waals surface area contributed by atoms with Gasteiger partial charge in [0.15, 0.2) is 0 Å². The molecule has 3 heteroatoms. The van der Waals surface area contributed by atoms with Gasteiger partial charge in [0, 0.05) is 30.6 Å². The van der Waals surface area contributed by atoms with Gasteiger partial charge < -0.3 is 0 Å². The lowest BCUT2D eigenvalue weighted by atomic mass is 9.97. The summed E-state index contributed by atoms with van der Waals surface area (Å²) in [7, 11) is 0. The van der Waals surface area contributed by atoms with Crippen molar-refractivity contribution in [1.29, 1.82) is 0 Å². The summed E-state index contributed by atoms with van der Waals surface area (Å²) in [5.74, 6) is 5.14. The number of hydrogen-bond donors (Lipinski definition) is 1. The van der Waals surface area contributed by atoms with Crippen LogP contribution < -0.4 is 0 Å². The molecule has 0 amide bonds. The smallest absolute Gasteiger partial charge is 0.0158 e. The maximum Gasteiger partial charge on any atom is 0.0158 e. The van der Waals surface area contributed by atoms with E-state index < -0.39 is 0 Å². The Labute approximate surface area is 98.4 Å². The normalized spacial score (nSPS) is 26.8. The minimum absolute atomic E-state index is 0.754. The summed E-state index contributed by atoms with van der Waals surface area (Å²) in [6.07, 6.45) is 0. The zero-order valence-corrected chi connectivity index (χ0v) is 11.3. The molecular weight excluding hydrogens is 210 g/mol. The van der Waals surface area contributed by atoms with Gasteiger partial charge in [-0.25, -0.2) is 0 Å². The fraction of sp³-hybridized carbons (Fsp3) is 1.00. The summed E-state index contributed by atoms with van der Waals surface area (Å²) >= 11 is 6.54. The number of hydrogen-bond acceptors (Lipinski definition) is 3. The number of nitrogens with zero attached hydrogens (tertiary/aromatic N) is 1. The van der Waals surface area contributed by atoms with Gasteiger partial charge in [-0.15, -0.1) is 0 Å². The standard InChI is InChI=1S/C11H23NS2/c1-9(2)11(7-13)6-12-4-5-14-8-10(12)3/h9-11,13H,4-8H2,1-3H3. The van der Waals surface area contributed by atoms with Crippen molar-refractivity contribution >= 4 is 24.4 Å². The van der Waals surface area contributed by atoms with E-state index in [9.17, 15) is 0 Å². The molecule has 0 spiro atoms. The van der Waals surface area contributed by atoms with Crippen LogP contribution in [0.2, 0.25) is 0 Å². The molecule has 0 radical (unpaired) electrons. The van der Waals surface area contributed by atoms with Crippen molar-refractivity contribution in [3.63, 3.8) is 0 Å². The average molecular weight is 233 g/mol. The lowest BCUT2D eigenvalue weighted by molar-refractivity contribution is 0.183. The first-order chi connectivity index (χ1) is 6.65. The summed E-state index contributed by atoms with van der Waals surface area (Å²) in [5, 5.41) is 0. The highest BCUT2D eigenvalue weighted by Crippen LogP contribution is 2.20. The van der Waals surface area contributed by atoms with Gasteiger partial charge >= 0.3 is 0 Å². The van der Waals surface area contributed by atoms with Crippen LogP contribution in [0.1, 0.15) is 20.8 Å². The van der Waals surface area contributed by atoms with Gasteiger partial charge in [-0.1, -0.05) is 13.8 Å². The zero-order valence-electron chi connectivity index (χ0n) is 9.57. The van der Waals surface area contributed by atoms with Crippen LogP contribution in [-0.2, 0) is 0 Å². The highest BCUT2D eigenvalue weighted by atomic mass is 32.2. The lowest BCUT2D eigenvalue weighted by Gasteiger charge is -2.36. The minimum atomic E-state index is 0.754. The van der Waals surface area contributed by atoms with Crippen LogP contribution in [0.4, 0.5) is 0 Å². The molecule has 0 saturated carbocycles. The molecule has 84 valence electrons. The second kappa shape index (κ2) is 6.29. The van der Waals surface area contributed by atoms with Crippen LogP contribution in [0.3, 0.4) is 0 Å². The van der Waals surface area contributed by atoms with Crippen molar-refractivity contribution in [2.24, 2.45) is 11.8 Å². The van der Waals surface area contributed by atoms with E-state index in [1.165, 1.54) is 24.6 Å². The number of rotatable bonds is 4. The van der Waals surface area contributed by atoms with Crippen molar-refractivity contribution < 1.29 is 0 Å². The van der Waals surface area contributed by atoms with E-state index >= 15 is 0 Å². The van der Waals surface area contributed by atoms with Crippen LogP contribution in [0.15, 0.2) is 0 Å². The Kier molecular flexibility index (Phi) is 5.72. The molecule has 1 aliphatic rings. The Morgan fingerprint density at radius 2 is 2.21 bits per heavy atom. The largest absolute Gasteiger partial charge is 0.299 e. The summed E-state index contributed by atoms with van der Waals surface area (Å²) in [6.45, 7) is 9.47. The molecule has 0 aromatic carbocycles. The third kappa shape index (κ3) is 3.67. The molecule has 2 atom stereocenters. The first-order valence-electron chi connectivity index (χ1n) is 5.57. The quantitative estimate of drug-likeness (QED) is 0.744. The Hall–Kier alpha value is 0.660. The fourth-order valence-corrected chi connectivity index (χ4v) is 3.43. The van der Waals surface area contributed by atoms with Crippen molar-refractivity contribution in [2.75, 3.05) is 30.3 Å². The summed E-state index contributed by atoms with van der Waals surface area (Å²) < 4.78 is 0. The van der Waals surface area contributed by atoms with Crippen molar-refractivity contribution in [1.82, 2.24) is 4.90 Å². The molecule has 1 heterocycles. The van der Waals surface area contributed by atoms with E-state index in [0.29, 0.717) is 0 Å². The van der Waals surface area contributed by atoms with Crippen LogP contribution in [-0.4, -0.2) is 41.3 Å². The molecule has 1 nitrogen and oxygen atoms in total. The highest BCUT2D eigenvalue weighted by molar-refractivity contribution is 7.99. The maximum atomic E-state index is 4.45. The summed E-state index contributed by atoms with van der Waals surface area (Å²) in [4.78, 5) is 2.64. The predicted octanol–water partition coefficient (Wildman–Crippen LogP) is 2.63. The zero-order chi connectivity index (χ0) is 10.6. The SMILES string of the molecule is CC(C)C(CS)CN1CCSCC1C. The van der Waals surface area contributed by atoms with Gasteiger partial charge in [0.2, 0.25) is 0 Å². The topological polar surface area (TPSA) is 3.24 Å². The Morgan fingerprint density at radius 3 is 2.71 bits per heavy atom. The van der Waals surface area contributed by atoms with E-state index in [2.05, 4.69) is 50.1 Å². The maximum absolute atomic E-state index is 4.45. The molecule has 0 aromatic rings. The second-order valence-electron chi connectivity index (χ2n) is 4.61. The van der Waals surface area contributed by atoms with E-state index in [1.807, 2.05) is 0 Å². The van der Waals surface area contributed by atoms with Crippen molar-refractivity contribution in [3.05, 3.63) is 0 Å². The van der Waals surface area contributed by atoms with Gasteiger partial charge in [0.25, 0.3) is 0 Å². The third-order valence-electron chi connectivity index (χ3n) is 3.15. The fourth-order valence-electron chi connectivity index (χ4n) is 1.81. The van der Waals surface area contributed by atoms with Gasteiger partial charge in [-0.05, 0) is 24.5 Å². The number of thioether (sulfide) groups is 1. The highest BCUT2D eigenvalue weighted by Gasteiger charge is 2.22.